The van der Waals surface area contributed by atoms with E-state index in [1.54, 1.807) is 11.3 Å². The van der Waals surface area contributed by atoms with E-state index in [-0.39, 0.29) is 6.04 Å². The van der Waals surface area contributed by atoms with Crippen molar-refractivity contribution in [1.82, 2.24) is 15.0 Å². The Hall–Kier alpha value is -0.340. The average molecular weight is 291 g/mol. The highest BCUT2D eigenvalue weighted by Crippen LogP contribution is 2.31. The first-order valence-corrected chi connectivity index (χ1v) is 6.30. The van der Waals surface area contributed by atoms with Crippen molar-refractivity contribution in [2.24, 2.45) is 5.84 Å². The summed E-state index contributed by atoms with van der Waals surface area (Å²) in [5, 5.41) is 7.89. The zero-order chi connectivity index (χ0) is 9.97. The average Bonchev–Trinajstić information content (AvgIpc) is 2.80. The molecule has 2 aromatic heterocycles. The third-order valence-corrected chi connectivity index (χ3v) is 4.20. The lowest BCUT2D eigenvalue weighted by molar-refractivity contribution is 0.626. The fourth-order valence-corrected chi connectivity index (χ4v) is 3.26. The predicted molar refractivity (Wildman–Crippen MR) is 61.1 cm³/mol. The fraction of sp³-hybridized carbons (Fsp3) is 0.143. The third-order valence-electron chi connectivity index (χ3n) is 1.75. The van der Waals surface area contributed by atoms with Crippen molar-refractivity contribution in [2.45, 2.75) is 6.04 Å². The molecular weight excluding hydrogens is 284 g/mol. The summed E-state index contributed by atoms with van der Waals surface area (Å²) in [5.41, 5.74) is 3.58. The van der Waals surface area contributed by atoms with E-state index in [0.717, 1.165) is 15.0 Å². The minimum Gasteiger partial charge on any atom is -0.270 e. The second kappa shape index (κ2) is 4.45. The van der Waals surface area contributed by atoms with Gasteiger partial charge in [-0.15, -0.1) is 16.4 Å². The first kappa shape index (κ1) is 10.2. The molecule has 0 saturated carbocycles. The summed E-state index contributed by atoms with van der Waals surface area (Å²) in [6.07, 6.45) is 0. The third kappa shape index (κ3) is 1.86. The Balaban J connectivity index is 2.36. The smallest absolute Gasteiger partial charge is 0.101 e. The lowest BCUT2D eigenvalue weighted by Gasteiger charge is -2.11. The minimum absolute atomic E-state index is 0.0804. The van der Waals surface area contributed by atoms with E-state index >= 15 is 0 Å². The second-order valence-electron chi connectivity index (χ2n) is 2.56. The molecule has 14 heavy (non-hydrogen) atoms. The van der Waals surface area contributed by atoms with Crippen LogP contribution >= 0.6 is 38.8 Å². The van der Waals surface area contributed by atoms with Crippen molar-refractivity contribution in [3.8, 4) is 0 Å². The maximum Gasteiger partial charge on any atom is 0.101 e. The van der Waals surface area contributed by atoms with E-state index < -0.39 is 0 Å². The normalized spacial score (nSPS) is 13.0. The zero-order valence-electron chi connectivity index (χ0n) is 6.98. The Bertz CT molecular complexity index is 399. The highest BCUT2D eigenvalue weighted by Gasteiger charge is 2.18. The van der Waals surface area contributed by atoms with E-state index in [0.29, 0.717) is 0 Å². The molecule has 0 fully saturated rings. The number of halogens is 1. The highest BCUT2D eigenvalue weighted by molar-refractivity contribution is 9.10. The van der Waals surface area contributed by atoms with Crippen LogP contribution in [0.5, 0.6) is 0 Å². The maximum absolute atomic E-state index is 5.50. The van der Waals surface area contributed by atoms with Crippen molar-refractivity contribution in [3.63, 3.8) is 0 Å². The Morgan fingerprint density at radius 3 is 2.93 bits per heavy atom. The van der Waals surface area contributed by atoms with Gasteiger partial charge in [-0.1, -0.05) is 4.49 Å². The van der Waals surface area contributed by atoms with E-state index in [1.165, 1.54) is 11.5 Å². The van der Waals surface area contributed by atoms with Crippen LogP contribution in [0.3, 0.4) is 0 Å². The van der Waals surface area contributed by atoms with Crippen LogP contribution in [0.25, 0.3) is 0 Å². The number of hydrazine groups is 1. The van der Waals surface area contributed by atoms with Crippen LogP contribution in [-0.4, -0.2) is 9.59 Å². The van der Waals surface area contributed by atoms with E-state index in [2.05, 4.69) is 30.9 Å². The largest absolute Gasteiger partial charge is 0.270 e. The molecule has 0 bridgehead atoms. The van der Waals surface area contributed by atoms with Crippen LogP contribution < -0.4 is 11.3 Å². The van der Waals surface area contributed by atoms with Gasteiger partial charge in [0, 0.05) is 14.7 Å². The Morgan fingerprint density at radius 2 is 2.43 bits per heavy atom. The quantitative estimate of drug-likeness (QED) is 0.670. The van der Waals surface area contributed by atoms with Crippen LogP contribution in [0.4, 0.5) is 0 Å². The van der Waals surface area contributed by atoms with Crippen LogP contribution in [0.1, 0.15) is 16.6 Å². The van der Waals surface area contributed by atoms with Gasteiger partial charge in [-0.05, 0) is 38.9 Å². The molecule has 2 rings (SSSR count). The molecule has 0 aliphatic rings. The van der Waals surface area contributed by atoms with Crippen molar-refractivity contribution >= 4 is 38.8 Å². The van der Waals surface area contributed by atoms with Crippen molar-refractivity contribution in [2.75, 3.05) is 0 Å². The van der Waals surface area contributed by atoms with E-state index in [4.69, 9.17) is 5.84 Å². The maximum atomic E-state index is 5.50. The van der Waals surface area contributed by atoms with Gasteiger partial charge < -0.3 is 0 Å². The monoisotopic (exact) mass is 290 g/mol. The Kier molecular flexibility index (Phi) is 3.24. The molecule has 0 amide bonds. The van der Waals surface area contributed by atoms with Crippen molar-refractivity contribution in [3.05, 3.63) is 31.9 Å². The van der Waals surface area contributed by atoms with Gasteiger partial charge in [0.25, 0.3) is 0 Å². The molecule has 0 aromatic carbocycles. The minimum atomic E-state index is -0.0804. The molecule has 1 unspecified atom stereocenters. The number of rotatable bonds is 3. The number of nitrogens with zero attached hydrogens (tertiary/aromatic N) is 2. The molecule has 0 saturated heterocycles. The number of hydrogen-bond acceptors (Lipinski definition) is 6. The molecule has 0 aliphatic heterocycles. The van der Waals surface area contributed by atoms with Gasteiger partial charge in [-0.2, -0.15) is 0 Å². The molecule has 74 valence electrons. The van der Waals surface area contributed by atoms with Crippen LogP contribution in [-0.2, 0) is 0 Å². The fourth-order valence-electron chi connectivity index (χ4n) is 1.10. The first-order chi connectivity index (χ1) is 6.83. The molecular formula is C7H7BrN4S2. The molecule has 0 aliphatic carbocycles. The van der Waals surface area contributed by atoms with Crippen molar-refractivity contribution in [1.29, 1.82) is 0 Å². The molecule has 2 aromatic rings. The van der Waals surface area contributed by atoms with Gasteiger partial charge in [0.2, 0.25) is 0 Å². The molecule has 4 nitrogen and oxygen atoms in total. The molecule has 3 N–H and O–H groups in total. The summed E-state index contributed by atoms with van der Waals surface area (Å²) < 4.78 is 4.86. The van der Waals surface area contributed by atoms with Crippen LogP contribution in [0.15, 0.2) is 21.3 Å². The van der Waals surface area contributed by atoms with Gasteiger partial charge in [-0.25, -0.2) is 5.43 Å². The van der Waals surface area contributed by atoms with E-state index in [9.17, 15) is 0 Å². The Morgan fingerprint density at radius 1 is 1.57 bits per heavy atom. The number of nitrogens with one attached hydrogen (secondary N) is 1. The molecule has 7 heteroatoms. The number of thiophene rings is 1. The Labute approximate surface area is 97.4 Å². The molecule has 0 radical (unpaired) electrons. The van der Waals surface area contributed by atoms with Gasteiger partial charge in [-0.3, -0.25) is 5.84 Å². The second-order valence-corrected chi connectivity index (χ2v) is 4.97. The summed E-state index contributed by atoms with van der Waals surface area (Å²) in [6, 6.07) is 1.91. The van der Waals surface area contributed by atoms with Crippen molar-refractivity contribution < 1.29 is 0 Å². The predicted octanol–water partition coefficient (Wildman–Crippen LogP) is 1.91. The lowest BCUT2D eigenvalue weighted by Crippen LogP contribution is -2.28. The summed E-state index contributed by atoms with van der Waals surface area (Å²) in [6.45, 7) is 0. The van der Waals surface area contributed by atoms with Gasteiger partial charge in [0.05, 0.1) is 5.69 Å². The SMILES string of the molecule is NNC(c1csnn1)c1sccc1Br. The number of aromatic nitrogens is 2. The van der Waals surface area contributed by atoms with Gasteiger partial charge in [0.15, 0.2) is 0 Å². The standard InChI is InChI=1S/C7H7BrN4S2/c8-4-1-2-13-7(4)6(10-9)5-3-14-12-11-5/h1-3,6,10H,9H2. The summed E-state index contributed by atoms with van der Waals surface area (Å²) in [7, 11) is 0. The molecule has 0 spiro atoms. The number of nitrogens with two attached hydrogens (primary N) is 1. The summed E-state index contributed by atoms with van der Waals surface area (Å²) in [5.74, 6) is 5.50. The molecule has 1 atom stereocenters. The highest BCUT2D eigenvalue weighted by atomic mass is 79.9. The van der Waals surface area contributed by atoms with Crippen LogP contribution in [0, 0.1) is 0 Å². The topological polar surface area (TPSA) is 63.8 Å². The zero-order valence-corrected chi connectivity index (χ0v) is 10.2. The van der Waals surface area contributed by atoms with Gasteiger partial charge >= 0.3 is 0 Å². The van der Waals surface area contributed by atoms with Crippen LogP contribution in [0.2, 0.25) is 0 Å². The lowest BCUT2D eigenvalue weighted by atomic mass is 10.2. The first-order valence-electron chi connectivity index (χ1n) is 3.79. The van der Waals surface area contributed by atoms with E-state index in [1.807, 2.05) is 16.8 Å². The van der Waals surface area contributed by atoms with Gasteiger partial charge in [0.1, 0.15) is 6.04 Å². The summed E-state index contributed by atoms with van der Waals surface area (Å²) in [4.78, 5) is 1.11. The summed E-state index contributed by atoms with van der Waals surface area (Å²) >= 11 is 6.41. The number of hydrogen-bond donors (Lipinski definition) is 2. The molecule has 2 heterocycles.